The third kappa shape index (κ3) is 16.4. The number of aliphatic hydroxyl groups excluding tert-OH is 1. The van der Waals surface area contributed by atoms with Gasteiger partial charge in [-0.05, 0) is 12.8 Å². The fourth-order valence-corrected chi connectivity index (χ4v) is 3.11. The second-order valence-corrected chi connectivity index (χ2v) is 7.32. The van der Waals surface area contributed by atoms with Gasteiger partial charge in [0.2, 0.25) is 5.91 Å². The number of nitrogens with one attached hydrogen (secondary N) is 1. The zero-order chi connectivity index (χ0) is 19.5. The normalized spacial score (nSPS) is 16.1. The second kappa shape index (κ2) is 18.7. The van der Waals surface area contributed by atoms with Crippen LogP contribution in [0.15, 0.2) is 0 Å². The summed E-state index contributed by atoms with van der Waals surface area (Å²) in [5.41, 5.74) is 0. The van der Waals surface area contributed by atoms with Crippen molar-refractivity contribution in [2.45, 2.75) is 116 Å². The molecule has 1 atom stereocenters. The van der Waals surface area contributed by atoms with E-state index in [0.29, 0.717) is 19.4 Å². The van der Waals surface area contributed by atoms with Gasteiger partial charge in [0.05, 0.1) is 0 Å². The molecule has 154 valence electrons. The first-order chi connectivity index (χ1) is 12.6. The Kier molecular flexibility index (Phi) is 17.9. The summed E-state index contributed by atoms with van der Waals surface area (Å²) in [5.74, 6) is -1.11. The molecule has 0 saturated carbocycles. The van der Waals surface area contributed by atoms with Crippen molar-refractivity contribution in [2.75, 3.05) is 6.61 Å². The largest absolute Gasteiger partial charge is 0.480 e. The van der Waals surface area contributed by atoms with E-state index in [1.54, 1.807) is 0 Å². The van der Waals surface area contributed by atoms with Crippen LogP contribution in [-0.4, -0.2) is 34.7 Å². The molecule has 1 heterocycles. The number of carbonyl (C=O) groups is 2. The minimum Gasteiger partial charge on any atom is -0.480 e. The van der Waals surface area contributed by atoms with Crippen LogP contribution >= 0.6 is 0 Å². The van der Waals surface area contributed by atoms with Crippen molar-refractivity contribution in [1.82, 2.24) is 5.32 Å². The molecule has 1 fully saturated rings. The molecule has 26 heavy (non-hydrogen) atoms. The first-order valence-electron chi connectivity index (χ1n) is 10.7. The van der Waals surface area contributed by atoms with Crippen molar-refractivity contribution >= 4 is 11.9 Å². The van der Waals surface area contributed by atoms with Gasteiger partial charge >= 0.3 is 5.97 Å². The molecule has 0 aromatic heterocycles. The molecule has 1 amide bonds. The van der Waals surface area contributed by atoms with E-state index in [1.807, 2.05) is 0 Å². The fraction of sp³-hybridized carbons (Fsp3) is 0.905. The minimum absolute atomic E-state index is 0.164. The number of amides is 1. The summed E-state index contributed by atoms with van der Waals surface area (Å²) in [6.07, 6.45) is 20.0. The molecule has 0 radical (unpaired) electrons. The van der Waals surface area contributed by atoms with Crippen LogP contribution < -0.4 is 5.32 Å². The minimum atomic E-state index is -0.944. The number of aliphatic hydroxyl groups is 1. The van der Waals surface area contributed by atoms with E-state index in [2.05, 4.69) is 12.2 Å². The van der Waals surface area contributed by atoms with Crippen LogP contribution in [0.2, 0.25) is 0 Å². The maximum Gasteiger partial charge on any atom is 0.326 e. The average molecular weight is 372 g/mol. The second-order valence-electron chi connectivity index (χ2n) is 7.32. The van der Waals surface area contributed by atoms with Gasteiger partial charge in [-0.25, -0.2) is 4.79 Å². The third-order valence-corrected chi connectivity index (χ3v) is 4.81. The van der Waals surface area contributed by atoms with Gasteiger partial charge in [-0.3, -0.25) is 4.79 Å². The SMILES string of the molecule is CCCCCCCCCCCCCCCCO.O=C1CC[C@@H](C(=O)O)N1. The van der Waals surface area contributed by atoms with Crippen LogP contribution in [0.25, 0.3) is 0 Å². The van der Waals surface area contributed by atoms with Gasteiger partial charge in [-0.1, -0.05) is 90.4 Å². The highest BCUT2D eigenvalue weighted by atomic mass is 16.4. The molecular weight excluding hydrogens is 330 g/mol. The molecular formula is C21H41NO4. The Morgan fingerprint density at radius 2 is 1.31 bits per heavy atom. The van der Waals surface area contributed by atoms with Gasteiger partial charge in [0, 0.05) is 13.0 Å². The molecule has 0 aromatic carbocycles. The Labute approximate surface area is 159 Å². The number of hydrogen-bond donors (Lipinski definition) is 3. The van der Waals surface area contributed by atoms with Crippen molar-refractivity contribution in [3.8, 4) is 0 Å². The van der Waals surface area contributed by atoms with E-state index < -0.39 is 12.0 Å². The topological polar surface area (TPSA) is 86.6 Å². The molecule has 0 unspecified atom stereocenters. The van der Waals surface area contributed by atoms with Crippen molar-refractivity contribution in [2.24, 2.45) is 0 Å². The lowest BCUT2D eigenvalue weighted by Crippen LogP contribution is -2.32. The predicted octanol–water partition coefficient (Wildman–Crippen LogP) is 4.81. The fourth-order valence-electron chi connectivity index (χ4n) is 3.11. The first-order valence-corrected chi connectivity index (χ1v) is 10.7. The van der Waals surface area contributed by atoms with E-state index in [0.717, 1.165) is 6.42 Å². The van der Waals surface area contributed by atoms with Crippen LogP contribution in [0, 0.1) is 0 Å². The number of carboxylic acid groups (broad SMARTS) is 1. The lowest BCUT2D eigenvalue weighted by Gasteiger charge is -2.02. The molecule has 5 nitrogen and oxygen atoms in total. The summed E-state index contributed by atoms with van der Waals surface area (Å²) in [4.78, 5) is 20.5. The van der Waals surface area contributed by atoms with E-state index in [1.165, 1.54) is 83.5 Å². The highest BCUT2D eigenvalue weighted by Gasteiger charge is 2.26. The van der Waals surface area contributed by atoms with Gasteiger partial charge in [0.15, 0.2) is 0 Å². The average Bonchev–Trinajstić information content (AvgIpc) is 3.06. The van der Waals surface area contributed by atoms with Gasteiger partial charge in [0.25, 0.3) is 0 Å². The number of unbranched alkanes of at least 4 members (excludes halogenated alkanes) is 13. The summed E-state index contributed by atoms with van der Waals surface area (Å²) < 4.78 is 0. The zero-order valence-corrected chi connectivity index (χ0v) is 16.8. The third-order valence-electron chi connectivity index (χ3n) is 4.81. The smallest absolute Gasteiger partial charge is 0.326 e. The summed E-state index contributed by atoms with van der Waals surface area (Å²) >= 11 is 0. The van der Waals surface area contributed by atoms with Gasteiger partial charge in [-0.2, -0.15) is 0 Å². The van der Waals surface area contributed by atoms with E-state index in [-0.39, 0.29) is 5.91 Å². The Hall–Kier alpha value is -1.10. The number of rotatable bonds is 15. The maximum atomic E-state index is 10.4. The molecule has 0 aromatic rings. The van der Waals surface area contributed by atoms with Crippen molar-refractivity contribution < 1.29 is 19.8 Å². The van der Waals surface area contributed by atoms with Crippen LogP contribution in [0.3, 0.4) is 0 Å². The standard InChI is InChI=1S/C16H34O.C5H7NO3/c1-2-3-4-5-6-7-8-9-10-11-12-13-14-15-16-17;7-4-2-1-3(6-4)5(8)9/h17H,2-16H2,1H3;3H,1-2H2,(H,6,7)(H,8,9)/t;3-/m.0/s1. The lowest BCUT2D eigenvalue weighted by molar-refractivity contribution is -0.140. The maximum absolute atomic E-state index is 10.4. The van der Waals surface area contributed by atoms with E-state index in [9.17, 15) is 9.59 Å². The molecule has 1 saturated heterocycles. The van der Waals surface area contributed by atoms with Crippen LogP contribution in [0.4, 0.5) is 0 Å². The highest BCUT2D eigenvalue weighted by molar-refractivity contribution is 5.87. The van der Waals surface area contributed by atoms with Gasteiger partial charge < -0.3 is 15.5 Å². The summed E-state index contributed by atoms with van der Waals surface area (Å²) in [6, 6.07) is -0.641. The zero-order valence-electron chi connectivity index (χ0n) is 16.8. The molecule has 5 heteroatoms. The van der Waals surface area contributed by atoms with Crippen molar-refractivity contribution in [1.29, 1.82) is 0 Å². The van der Waals surface area contributed by atoms with Crippen LogP contribution in [-0.2, 0) is 9.59 Å². The van der Waals surface area contributed by atoms with Crippen LogP contribution in [0.5, 0.6) is 0 Å². The first kappa shape index (κ1) is 24.9. The molecule has 3 N–H and O–H groups in total. The monoisotopic (exact) mass is 371 g/mol. The number of carboxylic acids is 1. The van der Waals surface area contributed by atoms with E-state index >= 15 is 0 Å². The van der Waals surface area contributed by atoms with Crippen LogP contribution in [0.1, 0.15) is 110 Å². The predicted molar refractivity (Wildman–Crippen MR) is 106 cm³/mol. The molecule has 1 aliphatic rings. The lowest BCUT2D eigenvalue weighted by atomic mass is 10.0. The summed E-state index contributed by atoms with van der Waals surface area (Å²) in [6.45, 7) is 2.65. The molecule has 0 bridgehead atoms. The number of aliphatic carboxylic acids is 1. The van der Waals surface area contributed by atoms with E-state index in [4.69, 9.17) is 10.2 Å². The Morgan fingerprint density at radius 3 is 1.58 bits per heavy atom. The van der Waals surface area contributed by atoms with Crippen molar-refractivity contribution in [3.63, 3.8) is 0 Å². The summed E-state index contributed by atoms with van der Waals surface area (Å²) in [5, 5.41) is 19.3. The Bertz CT molecular complexity index is 333. The Morgan fingerprint density at radius 1 is 0.885 bits per heavy atom. The Balaban J connectivity index is 0.000000577. The molecule has 1 rings (SSSR count). The van der Waals surface area contributed by atoms with Gasteiger partial charge in [-0.15, -0.1) is 0 Å². The number of hydrogen-bond acceptors (Lipinski definition) is 3. The molecule has 0 aliphatic carbocycles. The van der Waals surface area contributed by atoms with Gasteiger partial charge in [0.1, 0.15) is 6.04 Å². The summed E-state index contributed by atoms with van der Waals surface area (Å²) in [7, 11) is 0. The highest BCUT2D eigenvalue weighted by Crippen LogP contribution is 2.12. The number of carbonyl (C=O) groups excluding carboxylic acids is 1. The molecule has 0 spiro atoms. The van der Waals surface area contributed by atoms with Crippen molar-refractivity contribution in [3.05, 3.63) is 0 Å². The molecule has 1 aliphatic heterocycles. The quantitative estimate of drug-likeness (QED) is 0.361.